The predicted molar refractivity (Wildman–Crippen MR) is 98.8 cm³/mol. The Labute approximate surface area is 157 Å². The van der Waals surface area contributed by atoms with Crippen molar-refractivity contribution in [3.05, 3.63) is 64.7 Å². The Morgan fingerprint density at radius 3 is 2.04 bits per heavy atom. The summed E-state index contributed by atoms with van der Waals surface area (Å²) in [5.41, 5.74) is 2.61. The molecule has 0 unspecified atom stereocenters. The number of esters is 1. The molecule has 2 aromatic carbocycles. The van der Waals surface area contributed by atoms with E-state index in [0.29, 0.717) is 11.1 Å². The van der Waals surface area contributed by atoms with E-state index in [2.05, 4.69) is 0 Å². The van der Waals surface area contributed by atoms with E-state index in [1.165, 1.54) is 6.92 Å². The second kappa shape index (κ2) is 7.61. The lowest BCUT2D eigenvalue weighted by atomic mass is 10.1. The van der Waals surface area contributed by atoms with Crippen LogP contribution in [0.2, 0.25) is 0 Å². The number of ether oxygens (including phenoxy) is 2. The van der Waals surface area contributed by atoms with Crippen LogP contribution in [0.5, 0.6) is 5.75 Å². The first-order chi connectivity index (χ1) is 12.9. The van der Waals surface area contributed by atoms with Crippen molar-refractivity contribution in [1.29, 1.82) is 0 Å². The van der Waals surface area contributed by atoms with Crippen molar-refractivity contribution >= 4 is 17.8 Å². The van der Waals surface area contributed by atoms with Crippen molar-refractivity contribution in [3.8, 4) is 5.75 Å². The Hall–Kier alpha value is -3.15. The number of carbonyl (C=O) groups excluding carboxylic acids is 3. The van der Waals surface area contributed by atoms with Gasteiger partial charge in [0.05, 0.1) is 11.1 Å². The first-order valence-corrected chi connectivity index (χ1v) is 8.74. The topological polar surface area (TPSA) is 72.9 Å². The molecule has 6 heteroatoms. The molecule has 0 saturated carbocycles. The van der Waals surface area contributed by atoms with Gasteiger partial charge in [0.15, 0.2) is 0 Å². The third kappa shape index (κ3) is 3.56. The fourth-order valence-corrected chi connectivity index (χ4v) is 3.10. The lowest BCUT2D eigenvalue weighted by Crippen LogP contribution is -2.44. The molecule has 1 atom stereocenters. The van der Waals surface area contributed by atoms with Gasteiger partial charge in [0, 0.05) is 0 Å². The number of hydrogen-bond acceptors (Lipinski definition) is 5. The van der Waals surface area contributed by atoms with Gasteiger partial charge in [-0.25, -0.2) is 4.79 Å². The van der Waals surface area contributed by atoms with E-state index in [0.717, 1.165) is 21.8 Å². The summed E-state index contributed by atoms with van der Waals surface area (Å²) in [7, 11) is 0. The molecule has 0 spiro atoms. The van der Waals surface area contributed by atoms with E-state index in [-0.39, 0.29) is 13.2 Å². The van der Waals surface area contributed by atoms with E-state index in [9.17, 15) is 14.4 Å². The van der Waals surface area contributed by atoms with Crippen LogP contribution >= 0.6 is 0 Å². The second-order valence-electron chi connectivity index (χ2n) is 6.44. The summed E-state index contributed by atoms with van der Waals surface area (Å²) in [5, 5.41) is 0. The van der Waals surface area contributed by atoms with E-state index in [4.69, 9.17) is 9.47 Å². The van der Waals surface area contributed by atoms with Gasteiger partial charge in [0.25, 0.3) is 11.8 Å². The van der Waals surface area contributed by atoms with Gasteiger partial charge in [0.1, 0.15) is 25.0 Å². The molecule has 0 bridgehead atoms. The predicted octanol–water partition coefficient (Wildman–Crippen LogP) is 2.91. The third-order valence-corrected chi connectivity index (χ3v) is 4.54. The summed E-state index contributed by atoms with van der Waals surface area (Å²) in [6.07, 6.45) is 0. The number of rotatable bonds is 6. The van der Waals surface area contributed by atoms with Crippen LogP contribution in [0.25, 0.3) is 0 Å². The van der Waals surface area contributed by atoms with Crippen molar-refractivity contribution < 1.29 is 23.9 Å². The highest BCUT2D eigenvalue weighted by molar-refractivity contribution is 6.22. The zero-order chi connectivity index (χ0) is 19.6. The van der Waals surface area contributed by atoms with Crippen LogP contribution in [0.15, 0.2) is 42.5 Å². The van der Waals surface area contributed by atoms with Crippen LogP contribution in [0, 0.1) is 13.8 Å². The molecule has 2 aromatic rings. The smallest absolute Gasteiger partial charge is 0.329 e. The summed E-state index contributed by atoms with van der Waals surface area (Å²) in [5.74, 6) is -0.838. The third-order valence-electron chi connectivity index (χ3n) is 4.54. The molecule has 1 aliphatic heterocycles. The molecule has 2 amide bonds. The number of fused-ring (bicyclic) bond motifs is 1. The second-order valence-corrected chi connectivity index (χ2v) is 6.44. The van der Waals surface area contributed by atoms with Gasteiger partial charge >= 0.3 is 5.97 Å². The molecule has 0 aromatic heterocycles. The van der Waals surface area contributed by atoms with Gasteiger partial charge in [-0.2, -0.15) is 0 Å². The van der Waals surface area contributed by atoms with E-state index >= 15 is 0 Å². The maximum Gasteiger partial charge on any atom is 0.329 e. The number of para-hydroxylation sites is 1. The maximum absolute atomic E-state index is 12.4. The van der Waals surface area contributed by atoms with Crippen molar-refractivity contribution in [3.63, 3.8) is 0 Å². The summed E-state index contributed by atoms with van der Waals surface area (Å²) in [6, 6.07) is 11.3. The largest absolute Gasteiger partial charge is 0.489 e. The first-order valence-electron chi connectivity index (χ1n) is 8.74. The quantitative estimate of drug-likeness (QED) is 0.446. The number of nitrogens with zero attached hydrogens (tertiary/aromatic N) is 1. The summed E-state index contributed by atoms with van der Waals surface area (Å²) in [4.78, 5) is 38.1. The number of carbonyl (C=O) groups is 3. The Bertz CT molecular complexity index is 850. The summed E-state index contributed by atoms with van der Waals surface area (Å²) < 4.78 is 10.9. The lowest BCUT2D eigenvalue weighted by Gasteiger charge is -2.21. The number of amides is 2. The maximum atomic E-state index is 12.4. The average Bonchev–Trinajstić information content (AvgIpc) is 2.91. The number of benzene rings is 2. The van der Waals surface area contributed by atoms with Crippen LogP contribution in [0.3, 0.4) is 0 Å². The van der Waals surface area contributed by atoms with Crippen molar-refractivity contribution in [2.75, 3.05) is 13.2 Å². The molecule has 0 fully saturated rings. The van der Waals surface area contributed by atoms with E-state index in [1.807, 2.05) is 32.0 Å². The van der Waals surface area contributed by atoms with Crippen molar-refractivity contribution in [1.82, 2.24) is 4.90 Å². The van der Waals surface area contributed by atoms with Crippen molar-refractivity contribution in [2.24, 2.45) is 0 Å². The van der Waals surface area contributed by atoms with E-state index < -0.39 is 23.8 Å². The molecule has 0 N–H and O–H groups in total. The minimum atomic E-state index is -1.00. The molecule has 0 aliphatic carbocycles. The van der Waals surface area contributed by atoms with Crippen LogP contribution in [0.1, 0.15) is 38.8 Å². The molecule has 1 heterocycles. The molecule has 6 nitrogen and oxygen atoms in total. The normalized spacial score (nSPS) is 14.1. The van der Waals surface area contributed by atoms with Gasteiger partial charge in [-0.15, -0.1) is 0 Å². The first kappa shape index (κ1) is 18.6. The minimum Gasteiger partial charge on any atom is -0.489 e. The molecular formula is C21H21NO5. The molecule has 1 aliphatic rings. The molecule has 27 heavy (non-hydrogen) atoms. The standard InChI is InChI=1S/C21H21NO5/c1-13-7-6-8-14(2)18(13)26-11-12-27-21(25)15(3)22-19(23)16-9-4-5-10-17(16)20(22)24/h4-10,15H,11-12H2,1-3H3/t15-/m0/s1. The number of hydrogen-bond donors (Lipinski definition) is 0. The SMILES string of the molecule is Cc1cccc(C)c1OCCOC(=O)[C@H](C)N1C(=O)c2ccccc2C1=O. The van der Waals surface area contributed by atoms with Gasteiger partial charge in [-0.05, 0) is 44.0 Å². The van der Waals surface area contributed by atoms with Gasteiger partial charge in [-0.1, -0.05) is 30.3 Å². The van der Waals surface area contributed by atoms with Crippen LogP contribution < -0.4 is 4.74 Å². The van der Waals surface area contributed by atoms with Gasteiger partial charge < -0.3 is 9.47 Å². The van der Waals surface area contributed by atoms with Gasteiger partial charge in [0.2, 0.25) is 0 Å². The molecule has 0 radical (unpaired) electrons. The summed E-state index contributed by atoms with van der Waals surface area (Å²) >= 11 is 0. The van der Waals surface area contributed by atoms with Crippen LogP contribution in [-0.4, -0.2) is 41.9 Å². The van der Waals surface area contributed by atoms with Crippen molar-refractivity contribution in [2.45, 2.75) is 26.8 Å². The molecule has 3 rings (SSSR count). The van der Waals surface area contributed by atoms with Gasteiger partial charge in [-0.3, -0.25) is 14.5 Å². The zero-order valence-corrected chi connectivity index (χ0v) is 15.5. The average molecular weight is 367 g/mol. The Balaban J connectivity index is 1.56. The van der Waals surface area contributed by atoms with Crippen LogP contribution in [0.4, 0.5) is 0 Å². The molecule has 140 valence electrons. The Morgan fingerprint density at radius 2 is 1.48 bits per heavy atom. The lowest BCUT2D eigenvalue weighted by molar-refractivity contribution is -0.148. The monoisotopic (exact) mass is 367 g/mol. The highest BCUT2D eigenvalue weighted by Gasteiger charge is 2.41. The number of aryl methyl sites for hydroxylation is 2. The fraction of sp³-hybridized carbons (Fsp3) is 0.286. The molecular weight excluding hydrogens is 346 g/mol. The molecule has 0 saturated heterocycles. The summed E-state index contributed by atoms with van der Waals surface area (Å²) in [6.45, 7) is 5.58. The Morgan fingerprint density at radius 1 is 0.926 bits per heavy atom. The fourth-order valence-electron chi connectivity index (χ4n) is 3.10. The zero-order valence-electron chi connectivity index (χ0n) is 15.5. The van der Waals surface area contributed by atoms with Crippen LogP contribution in [-0.2, 0) is 9.53 Å². The number of imide groups is 1. The Kier molecular flexibility index (Phi) is 5.26. The highest BCUT2D eigenvalue weighted by atomic mass is 16.6. The van der Waals surface area contributed by atoms with E-state index in [1.54, 1.807) is 24.3 Å². The highest BCUT2D eigenvalue weighted by Crippen LogP contribution is 2.25. The minimum absolute atomic E-state index is 0.0279.